The van der Waals surface area contributed by atoms with Gasteiger partial charge in [-0.1, -0.05) is 36.0 Å². The van der Waals surface area contributed by atoms with E-state index < -0.39 is 17.3 Å². The molecule has 22 heavy (non-hydrogen) atoms. The maximum absolute atomic E-state index is 13.0. The zero-order valence-corrected chi connectivity index (χ0v) is 12.3. The maximum Gasteiger partial charge on any atom is 0.416 e. The summed E-state index contributed by atoms with van der Waals surface area (Å²) in [4.78, 5) is 1.48. The van der Waals surface area contributed by atoms with Crippen LogP contribution in [0.25, 0.3) is 0 Å². The predicted molar refractivity (Wildman–Crippen MR) is 79.8 cm³/mol. The van der Waals surface area contributed by atoms with Gasteiger partial charge in [0, 0.05) is 27.3 Å². The molecule has 0 radical (unpaired) electrons. The summed E-state index contributed by atoms with van der Waals surface area (Å²) < 4.78 is 38.9. The number of benzene rings is 2. The van der Waals surface area contributed by atoms with Gasteiger partial charge in [-0.2, -0.15) is 13.2 Å². The molecule has 1 nitrogen and oxygen atoms in total. The lowest BCUT2D eigenvalue weighted by Crippen LogP contribution is -2.30. The number of rotatable bonds is 2. The summed E-state index contributed by atoms with van der Waals surface area (Å²) in [7, 11) is 0. The highest BCUT2D eigenvalue weighted by molar-refractivity contribution is 7.99. The van der Waals surface area contributed by atoms with Crippen LogP contribution in [-0.2, 0) is 11.8 Å². The Kier molecular flexibility index (Phi) is 3.57. The highest BCUT2D eigenvalue weighted by atomic mass is 32.2. The van der Waals surface area contributed by atoms with Crippen LogP contribution in [0.3, 0.4) is 0 Å². The molecule has 0 saturated carbocycles. The van der Waals surface area contributed by atoms with Crippen molar-refractivity contribution >= 4 is 11.8 Å². The van der Waals surface area contributed by atoms with Gasteiger partial charge in [0.2, 0.25) is 0 Å². The lowest BCUT2D eigenvalue weighted by Gasteiger charge is -2.36. The maximum atomic E-state index is 13.0. The van der Waals surface area contributed by atoms with Crippen LogP contribution in [0, 0.1) is 0 Å². The first-order valence-electron chi connectivity index (χ1n) is 6.68. The van der Waals surface area contributed by atoms with E-state index in [2.05, 4.69) is 6.58 Å². The van der Waals surface area contributed by atoms with Gasteiger partial charge in [0.15, 0.2) is 0 Å². The summed E-state index contributed by atoms with van der Waals surface area (Å²) in [5.41, 5.74) is -1.34. The fourth-order valence-corrected chi connectivity index (χ4v) is 3.91. The van der Waals surface area contributed by atoms with Crippen molar-refractivity contribution in [3.05, 3.63) is 71.8 Å². The molecule has 1 aliphatic heterocycles. The molecule has 0 spiro atoms. The van der Waals surface area contributed by atoms with E-state index in [1.807, 2.05) is 12.1 Å². The van der Waals surface area contributed by atoms with Gasteiger partial charge in [-0.05, 0) is 24.3 Å². The van der Waals surface area contributed by atoms with E-state index in [0.29, 0.717) is 10.5 Å². The first-order valence-corrected chi connectivity index (χ1v) is 7.50. The van der Waals surface area contributed by atoms with Crippen LogP contribution < -0.4 is 0 Å². The number of aliphatic hydroxyl groups is 1. The zero-order chi connectivity index (χ0) is 16.0. The van der Waals surface area contributed by atoms with Crippen LogP contribution in [0.4, 0.5) is 13.2 Å². The number of halogens is 3. The quantitative estimate of drug-likeness (QED) is 0.787. The highest BCUT2D eigenvalue weighted by Crippen LogP contribution is 2.50. The molecule has 3 rings (SSSR count). The van der Waals surface area contributed by atoms with E-state index in [9.17, 15) is 18.3 Å². The Morgan fingerprint density at radius 3 is 2.45 bits per heavy atom. The van der Waals surface area contributed by atoms with Gasteiger partial charge in [0.1, 0.15) is 5.60 Å². The fraction of sp³-hybridized carbons (Fsp3) is 0.176. The van der Waals surface area contributed by atoms with Crippen molar-refractivity contribution in [2.45, 2.75) is 28.0 Å². The van der Waals surface area contributed by atoms with Crippen molar-refractivity contribution in [3.8, 4) is 0 Å². The molecule has 0 aliphatic carbocycles. The summed E-state index contributed by atoms with van der Waals surface area (Å²) in [6, 6.07) is 10.7. The second-order valence-electron chi connectivity index (χ2n) is 5.16. The number of hydrogen-bond acceptors (Lipinski definition) is 2. The minimum Gasteiger partial charge on any atom is -0.380 e. The Morgan fingerprint density at radius 2 is 1.77 bits per heavy atom. The Morgan fingerprint density at radius 1 is 1.09 bits per heavy atom. The molecule has 1 atom stereocenters. The van der Waals surface area contributed by atoms with Crippen molar-refractivity contribution in [2.75, 3.05) is 0 Å². The van der Waals surface area contributed by atoms with Crippen molar-refractivity contribution in [1.82, 2.24) is 0 Å². The molecule has 0 bridgehead atoms. The van der Waals surface area contributed by atoms with Gasteiger partial charge in [-0.3, -0.25) is 0 Å². The lowest BCUT2D eigenvalue weighted by molar-refractivity contribution is -0.137. The molecule has 0 fully saturated rings. The largest absolute Gasteiger partial charge is 0.416 e. The van der Waals surface area contributed by atoms with E-state index in [-0.39, 0.29) is 12.0 Å². The van der Waals surface area contributed by atoms with Crippen molar-refractivity contribution < 1.29 is 18.3 Å². The minimum atomic E-state index is -4.44. The van der Waals surface area contributed by atoms with Crippen LogP contribution >= 0.6 is 11.8 Å². The summed E-state index contributed by atoms with van der Waals surface area (Å²) in [6.07, 6.45) is -2.76. The number of alkyl halides is 3. The second kappa shape index (κ2) is 5.18. The third-order valence-electron chi connectivity index (χ3n) is 3.74. The van der Waals surface area contributed by atoms with E-state index in [4.69, 9.17) is 0 Å². The lowest BCUT2D eigenvalue weighted by atomic mass is 9.82. The Hall–Kier alpha value is -1.72. The fourth-order valence-electron chi connectivity index (χ4n) is 2.71. The predicted octanol–water partition coefficient (Wildman–Crippen LogP) is 4.98. The van der Waals surface area contributed by atoms with Crippen LogP contribution in [-0.4, -0.2) is 5.11 Å². The van der Waals surface area contributed by atoms with Gasteiger partial charge in [-0.15, -0.1) is 6.58 Å². The molecule has 114 valence electrons. The summed E-state index contributed by atoms with van der Waals surface area (Å²) in [5.74, 6) is 0. The highest BCUT2D eigenvalue weighted by Gasteiger charge is 2.40. The first kappa shape index (κ1) is 15.2. The van der Waals surface area contributed by atoms with E-state index in [1.54, 1.807) is 12.1 Å². The number of hydrogen-bond donors (Lipinski definition) is 1. The van der Waals surface area contributed by atoms with Crippen LogP contribution in [0.5, 0.6) is 0 Å². The van der Waals surface area contributed by atoms with Crippen molar-refractivity contribution in [2.24, 2.45) is 0 Å². The average Bonchev–Trinajstić information content (AvgIpc) is 2.46. The molecule has 1 unspecified atom stereocenters. The molecule has 0 aromatic heterocycles. The average molecular weight is 322 g/mol. The minimum absolute atomic E-state index is 0.152. The van der Waals surface area contributed by atoms with Crippen molar-refractivity contribution in [1.29, 1.82) is 0 Å². The summed E-state index contributed by atoms with van der Waals surface area (Å²) in [5, 5.41) is 11.1. The van der Waals surface area contributed by atoms with Gasteiger partial charge >= 0.3 is 6.18 Å². The van der Waals surface area contributed by atoms with E-state index in [0.717, 1.165) is 17.0 Å². The van der Waals surface area contributed by atoms with Gasteiger partial charge in [-0.25, -0.2) is 0 Å². The molecular weight excluding hydrogens is 309 g/mol. The zero-order valence-electron chi connectivity index (χ0n) is 11.5. The summed E-state index contributed by atoms with van der Waals surface area (Å²) in [6.45, 7) is 3.63. The normalized spacial score (nSPS) is 20.2. The van der Waals surface area contributed by atoms with E-state index >= 15 is 0 Å². The van der Waals surface area contributed by atoms with E-state index in [1.165, 1.54) is 23.9 Å². The molecular formula is C17H13F3OS. The molecule has 1 heterocycles. The third-order valence-corrected chi connectivity index (χ3v) is 4.90. The Bertz CT molecular complexity index is 739. The first-order chi connectivity index (χ1) is 10.4. The second-order valence-corrected chi connectivity index (χ2v) is 6.24. The molecule has 5 heteroatoms. The Balaban J connectivity index is 2.24. The third kappa shape index (κ3) is 2.34. The standard InChI is InChI=1S/C17H13F3OS/c1-2-9-16(21)12-5-3-4-6-14(12)22-15-8-7-11(10-13(15)16)17(18,19)20/h2-8,10,21H,1,9H2. The van der Waals surface area contributed by atoms with Gasteiger partial charge in [0.05, 0.1) is 5.56 Å². The smallest absolute Gasteiger partial charge is 0.380 e. The molecule has 2 aromatic rings. The molecule has 0 saturated heterocycles. The van der Waals surface area contributed by atoms with Gasteiger partial charge in [0.25, 0.3) is 0 Å². The van der Waals surface area contributed by atoms with Gasteiger partial charge < -0.3 is 5.11 Å². The monoisotopic (exact) mass is 322 g/mol. The molecule has 2 aromatic carbocycles. The number of fused-ring (bicyclic) bond motifs is 2. The van der Waals surface area contributed by atoms with Crippen molar-refractivity contribution in [3.63, 3.8) is 0 Å². The molecule has 0 amide bonds. The topological polar surface area (TPSA) is 20.2 Å². The van der Waals surface area contributed by atoms with Crippen LogP contribution in [0.15, 0.2) is 64.9 Å². The van der Waals surface area contributed by atoms with Crippen LogP contribution in [0.2, 0.25) is 0 Å². The molecule has 1 aliphatic rings. The SMILES string of the molecule is C=CCC1(O)c2ccccc2Sc2ccc(C(F)(F)F)cc21. The van der Waals surface area contributed by atoms with Crippen LogP contribution in [0.1, 0.15) is 23.1 Å². The summed E-state index contributed by atoms with van der Waals surface area (Å²) >= 11 is 1.37. The molecule has 1 N–H and O–H groups in total. The Labute approximate surface area is 130 Å².